The van der Waals surface area contributed by atoms with Gasteiger partial charge in [-0.3, -0.25) is 14.6 Å². The first kappa shape index (κ1) is 16.7. The quantitative estimate of drug-likeness (QED) is 0.732. The van der Waals surface area contributed by atoms with Crippen LogP contribution >= 0.6 is 11.3 Å². The first-order valence-electron chi connectivity index (χ1n) is 8.59. The predicted octanol–water partition coefficient (Wildman–Crippen LogP) is 4.06. The molecule has 2 heterocycles. The highest BCUT2D eigenvalue weighted by molar-refractivity contribution is 7.14. The molecule has 0 unspecified atom stereocenters. The zero-order valence-electron chi connectivity index (χ0n) is 14.6. The average Bonchev–Trinajstić information content (AvgIpc) is 3.29. The number of amides is 2. The van der Waals surface area contributed by atoms with E-state index in [-0.39, 0.29) is 17.9 Å². The summed E-state index contributed by atoms with van der Waals surface area (Å²) < 4.78 is 0. The Balaban J connectivity index is 1.60. The van der Waals surface area contributed by atoms with Gasteiger partial charge >= 0.3 is 0 Å². The minimum atomic E-state index is -0.249. The molecule has 1 aromatic carbocycles. The molecule has 5 nitrogen and oxygen atoms in total. The van der Waals surface area contributed by atoms with Crippen molar-refractivity contribution in [2.75, 3.05) is 5.32 Å². The SMILES string of the molecule is Cc1ccc2nc(C)c(C(=O)Nc3sccc3C(=O)NC3CC3)cc2c1. The van der Waals surface area contributed by atoms with E-state index in [0.29, 0.717) is 21.8 Å². The molecule has 1 saturated carbocycles. The van der Waals surface area contributed by atoms with E-state index in [9.17, 15) is 9.59 Å². The van der Waals surface area contributed by atoms with Crippen LogP contribution in [0.2, 0.25) is 0 Å². The summed E-state index contributed by atoms with van der Waals surface area (Å²) in [5.74, 6) is -0.380. The van der Waals surface area contributed by atoms with Crippen LogP contribution in [0.15, 0.2) is 35.7 Å². The van der Waals surface area contributed by atoms with Crippen LogP contribution in [-0.4, -0.2) is 22.8 Å². The van der Waals surface area contributed by atoms with Crippen LogP contribution in [0.1, 0.15) is 44.8 Å². The lowest BCUT2D eigenvalue weighted by atomic mass is 10.1. The molecular weight excluding hydrogens is 346 g/mol. The van der Waals surface area contributed by atoms with E-state index in [1.54, 1.807) is 6.07 Å². The fraction of sp³-hybridized carbons (Fsp3) is 0.250. The number of anilines is 1. The fourth-order valence-corrected chi connectivity index (χ4v) is 3.65. The van der Waals surface area contributed by atoms with Crippen molar-refractivity contribution in [1.82, 2.24) is 10.3 Å². The summed E-state index contributed by atoms with van der Waals surface area (Å²) in [6.07, 6.45) is 2.05. The van der Waals surface area contributed by atoms with Gasteiger partial charge in [0, 0.05) is 11.4 Å². The fourth-order valence-electron chi connectivity index (χ4n) is 2.87. The van der Waals surface area contributed by atoms with Crippen molar-refractivity contribution in [2.45, 2.75) is 32.7 Å². The summed E-state index contributed by atoms with van der Waals surface area (Å²) in [6, 6.07) is 9.85. The van der Waals surface area contributed by atoms with Crippen LogP contribution in [-0.2, 0) is 0 Å². The molecule has 132 valence electrons. The Labute approximate surface area is 155 Å². The number of carbonyl (C=O) groups is 2. The van der Waals surface area contributed by atoms with E-state index in [4.69, 9.17) is 0 Å². The van der Waals surface area contributed by atoms with Gasteiger partial charge in [-0.1, -0.05) is 11.6 Å². The zero-order chi connectivity index (χ0) is 18.3. The summed E-state index contributed by atoms with van der Waals surface area (Å²) in [5.41, 5.74) is 3.68. The van der Waals surface area contributed by atoms with Crippen molar-refractivity contribution in [3.05, 3.63) is 58.1 Å². The molecule has 2 amide bonds. The number of carbonyl (C=O) groups excluding carboxylic acids is 2. The molecule has 1 aliphatic rings. The zero-order valence-corrected chi connectivity index (χ0v) is 15.4. The number of hydrogen-bond donors (Lipinski definition) is 2. The van der Waals surface area contributed by atoms with E-state index in [2.05, 4.69) is 15.6 Å². The standard InChI is InChI=1S/C20H19N3O2S/c1-11-3-6-17-13(9-11)10-16(12(2)21-17)19(25)23-20-15(7-8-26-20)18(24)22-14-4-5-14/h3,6-10,14H,4-5H2,1-2H3,(H,22,24)(H,23,25). The Morgan fingerprint density at radius 1 is 1.08 bits per heavy atom. The number of thiophene rings is 1. The third kappa shape index (κ3) is 3.32. The average molecular weight is 365 g/mol. The van der Waals surface area contributed by atoms with Gasteiger partial charge in [-0.15, -0.1) is 11.3 Å². The molecule has 0 atom stereocenters. The van der Waals surface area contributed by atoms with Gasteiger partial charge < -0.3 is 10.6 Å². The van der Waals surface area contributed by atoms with Gasteiger partial charge in [0.25, 0.3) is 11.8 Å². The smallest absolute Gasteiger partial charge is 0.258 e. The third-order valence-corrected chi connectivity index (χ3v) is 5.28. The number of benzene rings is 1. The molecule has 0 spiro atoms. The number of nitrogens with one attached hydrogen (secondary N) is 2. The minimum absolute atomic E-state index is 0.131. The third-order valence-electron chi connectivity index (χ3n) is 4.45. The van der Waals surface area contributed by atoms with Crippen LogP contribution in [0, 0.1) is 13.8 Å². The monoisotopic (exact) mass is 365 g/mol. The first-order valence-corrected chi connectivity index (χ1v) is 9.47. The van der Waals surface area contributed by atoms with Crippen molar-refractivity contribution < 1.29 is 9.59 Å². The van der Waals surface area contributed by atoms with Crippen LogP contribution < -0.4 is 10.6 Å². The molecule has 6 heteroatoms. The van der Waals surface area contributed by atoms with E-state index in [0.717, 1.165) is 29.3 Å². The van der Waals surface area contributed by atoms with Gasteiger partial charge in [-0.05, 0) is 56.3 Å². The Hall–Kier alpha value is -2.73. The van der Waals surface area contributed by atoms with Crippen molar-refractivity contribution in [3.8, 4) is 0 Å². The highest BCUT2D eigenvalue weighted by atomic mass is 32.1. The Morgan fingerprint density at radius 3 is 2.65 bits per heavy atom. The second-order valence-corrected chi connectivity index (χ2v) is 7.60. The topological polar surface area (TPSA) is 71.1 Å². The maximum absolute atomic E-state index is 12.8. The molecule has 0 saturated heterocycles. The number of pyridine rings is 1. The van der Waals surface area contributed by atoms with E-state index in [1.807, 2.05) is 43.5 Å². The molecule has 3 aromatic rings. The Kier molecular flexibility index (Phi) is 4.20. The van der Waals surface area contributed by atoms with Crippen LogP contribution in [0.25, 0.3) is 10.9 Å². The molecule has 1 fully saturated rings. The van der Waals surface area contributed by atoms with Crippen molar-refractivity contribution in [1.29, 1.82) is 0 Å². The molecule has 4 rings (SSSR count). The van der Waals surface area contributed by atoms with E-state index >= 15 is 0 Å². The first-order chi connectivity index (χ1) is 12.5. The summed E-state index contributed by atoms with van der Waals surface area (Å²) in [6.45, 7) is 3.83. The lowest BCUT2D eigenvalue weighted by molar-refractivity contribution is 0.0952. The number of aromatic nitrogens is 1. The number of hydrogen-bond acceptors (Lipinski definition) is 4. The van der Waals surface area contributed by atoms with Gasteiger partial charge in [0.05, 0.1) is 22.3 Å². The molecule has 1 aliphatic carbocycles. The Bertz CT molecular complexity index is 1020. The largest absolute Gasteiger partial charge is 0.349 e. The molecule has 2 aromatic heterocycles. The van der Waals surface area contributed by atoms with Crippen LogP contribution in [0.4, 0.5) is 5.00 Å². The number of aryl methyl sites for hydroxylation is 2. The van der Waals surface area contributed by atoms with Gasteiger partial charge in [0.1, 0.15) is 5.00 Å². The van der Waals surface area contributed by atoms with Gasteiger partial charge in [0.2, 0.25) is 0 Å². The lowest BCUT2D eigenvalue weighted by Crippen LogP contribution is -2.26. The molecule has 0 bridgehead atoms. The highest BCUT2D eigenvalue weighted by Crippen LogP contribution is 2.27. The number of nitrogens with zero attached hydrogens (tertiary/aromatic N) is 1. The second-order valence-electron chi connectivity index (χ2n) is 6.68. The summed E-state index contributed by atoms with van der Waals surface area (Å²) in [5, 5.41) is 9.14. The highest BCUT2D eigenvalue weighted by Gasteiger charge is 2.25. The summed E-state index contributed by atoms with van der Waals surface area (Å²) in [7, 11) is 0. The van der Waals surface area contributed by atoms with Gasteiger partial charge in [0.15, 0.2) is 0 Å². The maximum atomic E-state index is 12.8. The summed E-state index contributed by atoms with van der Waals surface area (Å²) in [4.78, 5) is 29.6. The molecule has 2 N–H and O–H groups in total. The number of rotatable bonds is 4. The summed E-state index contributed by atoms with van der Waals surface area (Å²) >= 11 is 1.35. The van der Waals surface area contributed by atoms with E-state index in [1.165, 1.54) is 11.3 Å². The normalized spacial score (nSPS) is 13.6. The van der Waals surface area contributed by atoms with E-state index < -0.39 is 0 Å². The van der Waals surface area contributed by atoms with Gasteiger partial charge in [-0.2, -0.15) is 0 Å². The predicted molar refractivity (Wildman–Crippen MR) is 104 cm³/mol. The van der Waals surface area contributed by atoms with Crippen LogP contribution in [0.3, 0.4) is 0 Å². The molecule has 0 radical (unpaired) electrons. The minimum Gasteiger partial charge on any atom is -0.349 e. The Morgan fingerprint density at radius 2 is 1.88 bits per heavy atom. The van der Waals surface area contributed by atoms with Crippen molar-refractivity contribution in [3.63, 3.8) is 0 Å². The van der Waals surface area contributed by atoms with Crippen molar-refractivity contribution in [2.24, 2.45) is 0 Å². The second kappa shape index (κ2) is 6.53. The van der Waals surface area contributed by atoms with Crippen molar-refractivity contribution >= 4 is 39.1 Å². The lowest BCUT2D eigenvalue weighted by Gasteiger charge is -2.10. The number of fused-ring (bicyclic) bond motifs is 1. The molecular formula is C20H19N3O2S. The van der Waals surface area contributed by atoms with Gasteiger partial charge in [-0.25, -0.2) is 0 Å². The molecule has 0 aliphatic heterocycles. The maximum Gasteiger partial charge on any atom is 0.258 e. The molecule has 26 heavy (non-hydrogen) atoms. The van der Waals surface area contributed by atoms with Crippen LogP contribution in [0.5, 0.6) is 0 Å².